The van der Waals surface area contributed by atoms with Crippen LogP contribution in [0.3, 0.4) is 0 Å². The van der Waals surface area contributed by atoms with Crippen molar-refractivity contribution in [2.75, 3.05) is 11.9 Å². The Labute approximate surface area is 138 Å². The predicted octanol–water partition coefficient (Wildman–Crippen LogP) is 2.30. The number of benzene rings is 2. The van der Waals surface area contributed by atoms with Gasteiger partial charge in [-0.3, -0.25) is 5.10 Å². The summed E-state index contributed by atoms with van der Waals surface area (Å²) >= 11 is 0. The normalized spacial score (nSPS) is 13.4. The minimum atomic E-state index is -1.03. The lowest BCUT2D eigenvalue weighted by Crippen LogP contribution is -2.48. The molecule has 1 aromatic heterocycles. The third-order valence-corrected chi connectivity index (χ3v) is 3.89. The first-order valence-corrected chi connectivity index (χ1v) is 7.43. The molecule has 0 aliphatic carbocycles. The van der Waals surface area contributed by atoms with Gasteiger partial charge in [0.25, 0.3) is 0 Å². The Hall–Kier alpha value is -3.06. The van der Waals surface area contributed by atoms with Crippen LogP contribution >= 0.6 is 0 Å². The average molecular weight is 326 g/mol. The van der Waals surface area contributed by atoms with Gasteiger partial charge >= 0.3 is 6.03 Å². The van der Waals surface area contributed by atoms with Crippen LogP contribution < -0.4 is 10.6 Å². The summed E-state index contributed by atoms with van der Waals surface area (Å²) in [5.41, 5.74) is 1.06. The maximum absolute atomic E-state index is 12.3. The Bertz CT molecular complexity index is 877. The number of nitrogens with one attached hydrogen (secondary N) is 3. The quantitative estimate of drug-likeness (QED) is 0.506. The van der Waals surface area contributed by atoms with Crippen LogP contribution in [-0.2, 0) is 5.54 Å². The van der Waals surface area contributed by atoms with Crippen LogP contribution in [-0.4, -0.2) is 33.0 Å². The summed E-state index contributed by atoms with van der Waals surface area (Å²) in [4.78, 5) is 12.3. The maximum Gasteiger partial charge on any atom is 0.320 e. The van der Waals surface area contributed by atoms with Gasteiger partial charge in [0, 0.05) is 11.1 Å². The van der Waals surface area contributed by atoms with Crippen molar-refractivity contribution in [2.24, 2.45) is 0 Å². The molecule has 1 atom stereocenters. The predicted molar refractivity (Wildman–Crippen MR) is 90.8 cm³/mol. The summed E-state index contributed by atoms with van der Waals surface area (Å²) in [5, 5.41) is 32.5. The largest absolute Gasteiger partial charge is 0.508 e. The van der Waals surface area contributed by atoms with E-state index in [0.717, 1.165) is 10.9 Å². The number of hydrogen-bond donors (Lipinski definition) is 5. The third kappa shape index (κ3) is 3.16. The highest BCUT2D eigenvalue weighted by atomic mass is 16.3. The van der Waals surface area contributed by atoms with Crippen molar-refractivity contribution in [1.82, 2.24) is 15.5 Å². The van der Waals surface area contributed by atoms with Gasteiger partial charge in [-0.05, 0) is 42.8 Å². The number of nitrogens with zero attached hydrogens (tertiary/aromatic N) is 1. The van der Waals surface area contributed by atoms with Gasteiger partial charge in [-0.2, -0.15) is 5.10 Å². The number of rotatable bonds is 4. The number of amides is 2. The number of hydrogen-bond acceptors (Lipinski definition) is 4. The van der Waals surface area contributed by atoms with Gasteiger partial charge in [0.2, 0.25) is 0 Å². The highest BCUT2D eigenvalue weighted by Crippen LogP contribution is 2.24. The van der Waals surface area contributed by atoms with E-state index in [9.17, 15) is 15.0 Å². The molecule has 1 heterocycles. The second-order valence-electron chi connectivity index (χ2n) is 5.79. The van der Waals surface area contributed by atoms with Crippen LogP contribution in [0.2, 0.25) is 0 Å². The highest BCUT2D eigenvalue weighted by molar-refractivity contribution is 5.92. The third-order valence-electron chi connectivity index (χ3n) is 3.89. The lowest BCUT2D eigenvalue weighted by atomic mass is 9.93. The van der Waals surface area contributed by atoms with E-state index in [1.54, 1.807) is 37.4 Å². The Morgan fingerprint density at radius 3 is 2.88 bits per heavy atom. The molecular weight excluding hydrogens is 308 g/mol. The first-order valence-electron chi connectivity index (χ1n) is 7.43. The Balaban J connectivity index is 1.76. The summed E-state index contributed by atoms with van der Waals surface area (Å²) in [6, 6.07) is 11.3. The lowest BCUT2D eigenvalue weighted by Gasteiger charge is -2.29. The average Bonchev–Trinajstić information content (AvgIpc) is 3.02. The molecule has 124 valence electrons. The minimum Gasteiger partial charge on any atom is -0.508 e. The number of carbonyl (C=O) groups excluding carboxylic acids is 1. The molecule has 7 nitrogen and oxygen atoms in total. The number of carbonyl (C=O) groups is 1. The fourth-order valence-corrected chi connectivity index (χ4v) is 2.49. The van der Waals surface area contributed by atoms with Gasteiger partial charge in [0.1, 0.15) is 5.75 Å². The van der Waals surface area contributed by atoms with Crippen LogP contribution in [0.15, 0.2) is 48.7 Å². The Morgan fingerprint density at radius 2 is 2.12 bits per heavy atom. The molecule has 0 aliphatic rings. The fourth-order valence-electron chi connectivity index (χ4n) is 2.49. The van der Waals surface area contributed by atoms with Gasteiger partial charge in [-0.25, -0.2) is 4.79 Å². The maximum atomic E-state index is 12.3. The topological polar surface area (TPSA) is 110 Å². The number of fused-ring (bicyclic) bond motifs is 1. The molecule has 3 rings (SSSR count). The number of phenols is 1. The highest BCUT2D eigenvalue weighted by Gasteiger charge is 2.28. The van der Waals surface area contributed by atoms with Crippen LogP contribution in [0.1, 0.15) is 12.5 Å². The van der Waals surface area contributed by atoms with Crippen molar-refractivity contribution in [3.8, 4) is 5.75 Å². The molecule has 1 unspecified atom stereocenters. The summed E-state index contributed by atoms with van der Waals surface area (Å²) in [6.45, 7) is 1.37. The number of aromatic amines is 1. The molecule has 3 aromatic rings. The minimum absolute atomic E-state index is 0.0693. The van der Waals surface area contributed by atoms with Crippen molar-refractivity contribution < 1.29 is 15.0 Å². The van der Waals surface area contributed by atoms with Gasteiger partial charge < -0.3 is 20.8 Å². The standard InChI is InChI=1S/C17H18N4O3/c1-17(10-22,12-3-2-4-14(23)8-12)20-16(24)19-13-5-6-15-11(7-13)9-18-21-15/h2-9,22-23H,10H2,1H3,(H,18,21)(H2,19,20,24). The van der Waals surface area contributed by atoms with Gasteiger partial charge in [0.15, 0.2) is 0 Å². The molecule has 0 aliphatic heterocycles. The number of aliphatic hydroxyl groups excluding tert-OH is 1. The van der Waals surface area contributed by atoms with Crippen molar-refractivity contribution in [2.45, 2.75) is 12.5 Å². The number of urea groups is 1. The van der Waals surface area contributed by atoms with E-state index in [0.29, 0.717) is 11.3 Å². The zero-order valence-electron chi connectivity index (χ0n) is 13.1. The van der Waals surface area contributed by atoms with Gasteiger partial charge in [0.05, 0.1) is 23.9 Å². The molecule has 5 N–H and O–H groups in total. The molecule has 0 saturated carbocycles. The second-order valence-corrected chi connectivity index (χ2v) is 5.79. The van der Waals surface area contributed by atoms with E-state index in [2.05, 4.69) is 20.8 Å². The van der Waals surface area contributed by atoms with E-state index in [1.807, 2.05) is 6.07 Å². The summed E-state index contributed by atoms with van der Waals surface area (Å²) in [6.07, 6.45) is 1.67. The summed E-state index contributed by atoms with van der Waals surface area (Å²) < 4.78 is 0. The molecule has 2 amide bonds. The first kappa shape index (κ1) is 15.8. The number of H-pyrrole nitrogens is 1. The summed E-state index contributed by atoms with van der Waals surface area (Å²) in [7, 11) is 0. The summed E-state index contributed by atoms with van der Waals surface area (Å²) in [5.74, 6) is 0.0693. The molecule has 24 heavy (non-hydrogen) atoms. The van der Waals surface area contributed by atoms with Crippen LogP contribution in [0, 0.1) is 0 Å². The van der Waals surface area contributed by atoms with Gasteiger partial charge in [-0.15, -0.1) is 0 Å². The number of aliphatic hydroxyl groups is 1. The molecule has 0 saturated heterocycles. The zero-order valence-corrected chi connectivity index (χ0v) is 13.1. The fraction of sp³-hybridized carbons (Fsp3) is 0.176. The Kier molecular flexibility index (Phi) is 4.09. The van der Waals surface area contributed by atoms with E-state index in [1.165, 1.54) is 12.1 Å². The van der Waals surface area contributed by atoms with Crippen LogP contribution in [0.5, 0.6) is 5.75 Å². The van der Waals surface area contributed by atoms with Crippen molar-refractivity contribution in [3.63, 3.8) is 0 Å². The zero-order chi connectivity index (χ0) is 17.2. The van der Waals surface area contributed by atoms with Crippen molar-refractivity contribution in [3.05, 3.63) is 54.2 Å². The van der Waals surface area contributed by atoms with E-state index in [-0.39, 0.29) is 12.4 Å². The molecule has 7 heteroatoms. The lowest BCUT2D eigenvalue weighted by molar-refractivity contribution is 0.176. The molecular formula is C17H18N4O3. The molecule has 0 radical (unpaired) electrons. The number of anilines is 1. The van der Waals surface area contributed by atoms with Crippen molar-refractivity contribution >= 4 is 22.6 Å². The molecule has 0 bridgehead atoms. The smallest absolute Gasteiger partial charge is 0.320 e. The monoisotopic (exact) mass is 326 g/mol. The Morgan fingerprint density at radius 1 is 1.29 bits per heavy atom. The second kappa shape index (κ2) is 6.21. The SMILES string of the molecule is CC(CO)(NC(=O)Nc1ccc2[nH]ncc2c1)c1cccc(O)c1. The van der Waals surface area contributed by atoms with Crippen LogP contribution in [0.4, 0.5) is 10.5 Å². The number of aromatic nitrogens is 2. The first-order chi connectivity index (χ1) is 11.5. The van der Waals surface area contributed by atoms with Crippen molar-refractivity contribution in [1.29, 1.82) is 0 Å². The van der Waals surface area contributed by atoms with E-state index >= 15 is 0 Å². The van der Waals surface area contributed by atoms with Crippen LogP contribution in [0.25, 0.3) is 10.9 Å². The molecule has 0 fully saturated rings. The number of phenolic OH excluding ortho intramolecular Hbond substituents is 1. The molecule has 2 aromatic carbocycles. The van der Waals surface area contributed by atoms with E-state index in [4.69, 9.17) is 0 Å². The van der Waals surface area contributed by atoms with Gasteiger partial charge in [-0.1, -0.05) is 12.1 Å². The number of aromatic hydroxyl groups is 1. The van der Waals surface area contributed by atoms with E-state index < -0.39 is 11.6 Å². The molecule has 0 spiro atoms.